The van der Waals surface area contributed by atoms with Crippen LogP contribution in [0, 0.1) is 29.0 Å². The summed E-state index contributed by atoms with van der Waals surface area (Å²) < 4.78 is 19.1. The Bertz CT molecular complexity index is 1120. The van der Waals surface area contributed by atoms with E-state index >= 15 is 0 Å². The summed E-state index contributed by atoms with van der Waals surface area (Å²) in [4.78, 5) is 27.4. The van der Waals surface area contributed by atoms with Gasteiger partial charge in [0, 0.05) is 24.7 Å². The smallest absolute Gasteiger partial charge is 0.260 e. The SMILES string of the molecule is N#CC(c1ccc(F)cc1)C1CCN(C(=O)COc2ccc(Cl)cc2C(=O)NCC2CCCNC2)CC1. The number of ether oxygens (including phenoxy) is 1. The zero-order valence-corrected chi connectivity index (χ0v) is 21.5. The molecule has 2 aliphatic heterocycles. The quantitative estimate of drug-likeness (QED) is 0.539. The molecule has 0 radical (unpaired) electrons. The van der Waals surface area contributed by atoms with Gasteiger partial charge in [-0.05, 0) is 86.5 Å². The van der Waals surface area contributed by atoms with E-state index < -0.39 is 0 Å². The molecular formula is C28H32ClFN4O3. The van der Waals surface area contributed by atoms with Gasteiger partial charge in [-0.25, -0.2) is 4.39 Å². The average molecular weight is 527 g/mol. The molecule has 2 N–H and O–H groups in total. The molecule has 0 saturated carbocycles. The van der Waals surface area contributed by atoms with E-state index in [4.69, 9.17) is 16.3 Å². The largest absolute Gasteiger partial charge is 0.483 e. The molecule has 4 rings (SSSR count). The van der Waals surface area contributed by atoms with E-state index in [-0.39, 0.29) is 36.1 Å². The number of nitrogens with one attached hydrogen (secondary N) is 2. The Morgan fingerprint density at radius 2 is 1.95 bits per heavy atom. The van der Waals surface area contributed by atoms with Gasteiger partial charge in [-0.2, -0.15) is 5.26 Å². The first kappa shape index (κ1) is 26.9. The Kier molecular flexibility index (Phi) is 9.37. The van der Waals surface area contributed by atoms with Crippen LogP contribution >= 0.6 is 11.6 Å². The number of hydrogen-bond acceptors (Lipinski definition) is 5. The predicted molar refractivity (Wildman–Crippen MR) is 139 cm³/mol. The minimum atomic E-state index is -0.339. The van der Waals surface area contributed by atoms with Crippen molar-refractivity contribution in [3.05, 3.63) is 64.4 Å². The standard InChI is InChI=1S/C28H32ClFN4O3/c29-22-5-8-26(24(14-22)28(36)33-17-19-2-1-11-32-16-19)37-18-27(35)34-12-9-21(10-13-34)25(15-31)20-3-6-23(30)7-4-20/h3-8,14,19,21,25,32H,1-2,9-13,16-18H2,(H,33,36). The van der Waals surface area contributed by atoms with Crippen molar-refractivity contribution in [1.82, 2.24) is 15.5 Å². The van der Waals surface area contributed by atoms with Gasteiger partial charge in [-0.1, -0.05) is 23.7 Å². The lowest BCUT2D eigenvalue weighted by Crippen LogP contribution is -2.42. The van der Waals surface area contributed by atoms with Crippen molar-refractivity contribution in [1.29, 1.82) is 5.26 Å². The molecule has 2 atom stereocenters. The molecule has 7 nitrogen and oxygen atoms in total. The van der Waals surface area contributed by atoms with Crippen LogP contribution in [0.4, 0.5) is 4.39 Å². The molecule has 0 bridgehead atoms. The molecule has 196 valence electrons. The normalized spacial score (nSPS) is 19.1. The van der Waals surface area contributed by atoms with E-state index in [0.717, 1.165) is 31.5 Å². The van der Waals surface area contributed by atoms with Gasteiger partial charge in [-0.15, -0.1) is 0 Å². The van der Waals surface area contributed by atoms with Gasteiger partial charge in [0.05, 0.1) is 17.6 Å². The molecule has 2 aromatic carbocycles. The van der Waals surface area contributed by atoms with Gasteiger partial charge in [0.25, 0.3) is 11.8 Å². The highest BCUT2D eigenvalue weighted by atomic mass is 35.5. The molecule has 2 unspecified atom stereocenters. The van der Waals surface area contributed by atoms with Gasteiger partial charge in [0.1, 0.15) is 11.6 Å². The molecule has 2 fully saturated rings. The maximum atomic E-state index is 13.3. The van der Waals surface area contributed by atoms with E-state index in [9.17, 15) is 19.2 Å². The maximum Gasteiger partial charge on any atom is 0.260 e. The Morgan fingerprint density at radius 3 is 2.62 bits per heavy atom. The van der Waals surface area contributed by atoms with Gasteiger partial charge < -0.3 is 20.3 Å². The van der Waals surface area contributed by atoms with Crippen LogP contribution in [0.25, 0.3) is 0 Å². The number of halogens is 2. The Balaban J connectivity index is 1.30. The van der Waals surface area contributed by atoms with E-state index in [0.29, 0.717) is 54.7 Å². The van der Waals surface area contributed by atoms with Crippen molar-refractivity contribution in [3.63, 3.8) is 0 Å². The fourth-order valence-electron chi connectivity index (χ4n) is 5.07. The van der Waals surface area contributed by atoms with E-state index in [1.807, 2.05) is 0 Å². The zero-order chi connectivity index (χ0) is 26.2. The second kappa shape index (κ2) is 12.9. The lowest BCUT2D eigenvalue weighted by atomic mass is 9.81. The highest BCUT2D eigenvalue weighted by molar-refractivity contribution is 6.31. The summed E-state index contributed by atoms with van der Waals surface area (Å²) in [6, 6.07) is 13.2. The summed E-state index contributed by atoms with van der Waals surface area (Å²) >= 11 is 6.14. The number of nitrogens with zero attached hydrogens (tertiary/aromatic N) is 2. The number of benzene rings is 2. The first-order valence-corrected chi connectivity index (χ1v) is 13.2. The lowest BCUT2D eigenvalue weighted by molar-refractivity contribution is -0.134. The molecule has 0 aliphatic carbocycles. The van der Waals surface area contributed by atoms with Crippen LogP contribution in [-0.4, -0.2) is 56.0 Å². The number of amides is 2. The third kappa shape index (κ3) is 7.21. The van der Waals surface area contributed by atoms with Crippen LogP contribution in [0.3, 0.4) is 0 Å². The Labute approximate surface area is 221 Å². The fraction of sp³-hybridized carbons (Fsp3) is 0.464. The number of carbonyl (C=O) groups is 2. The Morgan fingerprint density at radius 1 is 1.19 bits per heavy atom. The summed E-state index contributed by atoms with van der Waals surface area (Å²) in [5, 5.41) is 16.4. The Hall–Kier alpha value is -3.15. The second-order valence-corrected chi connectivity index (χ2v) is 10.2. The molecule has 2 amide bonds. The number of hydrogen-bond donors (Lipinski definition) is 2. The van der Waals surface area contributed by atoms with Crippen LogP contribution < -0.4 is 15.4 Å². The second-order valence-electron chi connectivity index (χ2n) is 9.73. The summed E-state index contributed by atoms with van der Waals surface area (Å²) in [5.41, 5.74) is 1.10. The molecule has 9 heteroatoms. The van der Waals surface area contributed by atoms with Crippen molar-refractivity contribution in [2.24, 2.45) is 11.8 Å². The molecule has 0 spiro atoms. The van der Waals surface area contributed by atoms with Crippen molar-refractivity contribution in [2.75, 3.05) is 39.3 Å². The summed E-state index contributed by atoms with van der Waals surface area (Å²) in [5.74, 6) is -0.339. The monoisotopic (exact) mass is 526 g/mol. The first-order valence-electron chi connectivity index (χ1n) is 12.8. The molecule has 2 aliphatic rings. The zero-order valence-electron chi connectivity index (χ0n) is 20.7. The lowest BCUT2D eigenvalue weighted by Gasteiger charge is -2.34. The van der Waals surface area contributed by atoms with Gasteiger partial charge in [-0.3, -0.25) is 9.59 Å². The molecule has 2 heterocycles. The van der Waals surface area contributed by atoms with Crippen molar-refractivity contribution in [3.8, 4) is 11.8 Å². The van der Waals surface area contributed by atoms with Crippen LogP contribution in [0.2, 0.25) is 5.02 Å². The van der Waals surface area contributed by atoms with Crippen LogP contribution in [-0.2, 0) is 4.79 Å². The van der Waals surface area contributed by atoms with Gasteiger partial charge in [0.2, 0.25) is 0 Å². The predicted octanol–water partition coefficient (Wildman–Crippen LogP) is 4.13. The number of nitriles is 1. The maximum absolute atomic E-state index is 13.3. The van der Waals surface area contributed by atoms with Crippen LogP contribution in [0.5, 0.6) is 5.75 Å². The van der Waals surface area contributed by atoms with Crippen LogP contribution in [0.15, 0.2) is 42.5 Å². The van der Waals surface area contributed by atoms with Crippen LogP contribution in [0.1, 0.15) is 47.5 Å². The average Bonchev–Trinajstić information content (AvgIpc) is 2.93. The van der Waals surface area contributed by atoms with E-state index in [1.165, 1.54) is 12.1 Å². The molecule has 37 heavy (non-hydrogen) atoms. The van der Waals surface area contributed by atoms with E-state index in [2.05, 4.69) is 16.7 Å². The van der Waals surface area contributed by atoms with Gasteiger partial charge >= 0.3 is 0 Å². The molecular weight excluding hydrogens is 495 g/mol. The highest BCUT2D eigenvalue weighted by Crippen LogP contribution is 2.32. The minimum absolute atomic E-state index is 0.0892. The van der Waals surface area contributed by atoms with Crippen molar-refractivity contribution >= 4 is 23.4 Å². The summed E-state index contributed by atoms with van der Waals surface area (Å²) in [7, 11) is 0. The topological polar surface area (TPSA) is 94.5 Å². The number of carbonyl (C=O) groups excluding carboxylic acids is 2. The minimum Gasteiger partial charge on any atom is -0.483 e. The molecule has 0 aromatic heterocycles. The van der Waals surface area contributed by atoms with Crippen molar-refractivity contribution in [2.45, 2.75) is 31.6 Å². The van der Waals surface area contributed by atoms with Gasteiger partial charge in [0.15, 0.2) is 6.61 Å². The first-order chi connectivity index (χ1) is 17.9. The fourth-order valence-corrected chi connectivity index (χ4v) is 5.24. The highest BCUT2D eigenvalue weighted by Gasteiger charge is 2.30. The number of piperidine rings is 2. The third-order valence-corrected chi connectivity index (χ3v) is 7.45. The molecule has 2 saturated heterocycles. The number of likely N-dealkylation sites (tertiary alicyclic amines) is 1. The van der Waals surface area contributed by atoms with Crippen molar-refractivity contribution < 1.29 is 18.7 Å². The third-order valence-electron chi connectivity index (χ3n) is 7.22. The summed E-state index contributed by atoms with van der Waals surface area (Å²) in [6.45, 7) is 3.27. The summed E-state index contributed by atoms with van der Waals surface area (Å²) in [6.07, 6.45) is 3.50. The van der Waals surface area contributed by atoms with E-state index in [1.54, 1.807) is 35.2 Å². The molecule has 2 aromatic rings. The number of rotatable bonds is 8.